The number of anilines is 1. The molecule has 0 unspecified atom stereocenters. The molecule has 0 saturated heterocycles. The maximum Gasteiger partial charge on any atom is 0.261 e. The molecule has 0 radical (unpaired) electrons. The van der Waals surface area contributed by atoms with Gasteiger partial charge in [0.15, 0.2) is 5.13 Å². The van der Waals surface area contributed by atoms with Crippen LogP contribution in [0.1, 0.15) is 27.9 Å². The minimum atomic E-state index is 0. The van der Waals surface area contributed by atoms with Crippen LogP contribution in [0.25, 0.3) is 10.2 Å². The normalized spacial score (nSPS) is 10.9. The summed E-state index contributed by atoms with van der Waals surface area (Å²) in [4.78, 5) is 22.1. The highest BCUT2D eigenvalue weighted by molar-refractivity contribution is 14.1. The summed E-state index contributed by atoms with van der Waals surface area (Å²) in [6.07, 6.45) is 0.899. The summed E-state index contributed by atoms with van der Waals surface area (Å²) in [5.74, 6) is 0.0205. The summed E-state index contributed by atoms with van der Waals surface area (Å²) >= 11 is 3.83. The Morgan fingerprint density at radius 1 is 1.14 bits per heavy atom. The predicted molar refractivity (Wildman–Crippen MR) is 130 cm³/mol. The van der Waals surface area contributed by atoms with Gasteiger partial charge in [0, 0.05) is 10.1 Å². The third-order valence-electron chi connectivity index (χ3n) is 4.38. The van der Waals surface area contributed by atoms with Gasteiger partial charge in [-0.15, -0.1) is 12.4 Å². The molecule has 3 rings (SSSR count). The second-order valence-electron chi connectivity index (χ2n) is 7.02. The molecule has 28 heavy (non-hydrogen) atoms. The van der Waals surface area contributed by atoms with E-state index in [9.17, 15) is 4.79 Å². The van der Waals surface area contributed by atoms with Crippen molar-refractivity contribution in [2.45, 2.75) is 20.3 Å². The van der Waals surface area contributed by atoms with Gasteiger partial charge in [-0.3, -0.25) is 9.69 Å². The smallest absolute Gasteiger partial charge is 0.261 e. The minimum Gasteiger partial charge on any atom is -0.309 e. The molecular weight excluding hydrogens is 505 g/mol. The van der Waals surface area contributed by atoms with E-state index in [2.05, 4.69) is 67.6 Å². The summed E-state index contributed by atoms with van der Waals surface area (Å²) in [7, 11) is 4.10. The fourth-order valence-electron chi connectivity index (χ4n) is 3.09. The van der Waals surface area contributed by atoms with Crippen molar-refractivity contribution in [3.63, 3.8) is 0 Å². The molecule has 0 atom stereocenters. The summed E-state index contributed by atoms with van der Waals surface area (Å²) in [5.41, 5.74) is 4.11. The van der Waals surface area contributed by atoms with Crippen molar-refractivity contribution in [2.24, 2.45) is 0 Å². The van der Waals surface area contributed by atoms with E-state index in [1.807, 2.05) is 29.2 Å². The monoisotopic (exact) mass is 529 g/mol. The van der Waals surface area contributed by atoms with E-state index in [4.69, 9.17) is 4.98 Å². The number of carbonyl (C=O) groups excluding carboxylic acids is 1. The Labute approximate surface area is 190 Å². The third kappa shape index (κ3) is 5.23. The molecule has 0 saturated carbocycles. The number of halogens is 2. The maximum atomic E-state index is 13.3. The first-order chi connectivity index (χ1) is 12.9. The van der Waals surface area contributed by atoms with Crippen LogP contribution in [0.3, 0.4) is 0 Å². The van der Waals surface area contributed by atoms with Crippen molar-refractivity contribution in [3.8, 4) is 0 Å². The number of nitrogens with zero attached hydrogens (tertiary/aromatic N) is 3. The van der Waals surface area contributed by atoms with Crippen LogP contribution in [0.5, 0.6) is 0 Å². The van der Waals surface area contributed by atoms with Crippen molar-refractivity contribution < 1.29 is 4.79 Å². The van der Waals surface area contributed by atoms with E-state index in [1.54, 1.807) is 11.3 Å². The first kappa shape index (κ1) is 23.1. The third-order valence-corrected chi connectivity index (χ3v) is 6.55. The van der Waals surface area contributed by atoms with Crippen molar-refractivity contribution >= 4 is 67.6 Å². The van der Waals surface area contributed by atoms with E-state index in [0.717, 1.165) is 37.4 Å². The lowest BCUT2D eigenvalue weighted by Gasteiger charge is -2.21. The number of amides is 1. The molecular formula is C21H25ClIN3OS. The Bertz CT molecular complexity index is 973. The number of rotatable bonds is 6. The lowest BCUT2D eigenvalue weighted by atomic mass is 10.1. The Kier molecular flexibility index (Phi) is 8.24. The minimum absolute atomic E-state index is 0. The number of fused-ring (bicyclic) bond motifs is 1. The molecule has 0 bridgehead atoms. The Hall–Kier alpha value is -1.22. The van der Waals surface area contributed by atoms with E-state index >= 15 is 0 Å². The molecule has 0 spiro atoms. The van der Waals surface area contributed by atoms with Crippen LogP contribution < -0.4 is 4.90 Å². The zero-order valence-corrected chi connectivity index (χ0v) is 20.3. The fraction of sp³-hybridized carbons (Fsp3) is 0.333. The largest absolute Gasteiger partial charge is 0.309 e. The molecule has 1 aromatic heterocycles. The van der Waals surface area contributed by atoms with Gasteiger partial charge in [-0.2, -0.15) is 0 Å². The topological polar surface area (TPSA) is 36.4 Å². The molecule has 150 valence electrons. The van der Waals surface area contributed by atoms with Crippen LogP contribution in [0.15, 0.2) is 36.4 Å². The number of aromatic nitrogens is 1. The average molecular weight is 530 g/mol. The second kappa shape index (κ2) is 10.0. The van der Waals surface area contributed by atoms with Crippen molar-refractivity contribution in [1.82, 2.24) is 9.88 Å². The van der Waals surface area contributed by atoms with Crippen molar-refractivity contribution in [2.75, 3.05) is 32.1 Å². The van der Waals surface area contributed by atoms with Crippen LogP contribution >= 0.6 is 46.3 Å². The quantitative estimate of drug-likeness (QED) is 0.394. The van der Waals surface area contributed by atoms with Crippen molar-refractivity contribution in [3.05, 3.63) is 56.7 Å². The zero-order valence-electron chi connectivity index (χ0n) is 16.5. The van der Waals surface area contributed by atoms with Crippen molar-refractivity contribution in [1.29, 1.82) is 0 Å². The number of thiazole rings is 1. The van der Waals surface area contributed by atoms with Crippen LogP contribution in [0.4, 0.5) is 5.13 Å². The Morgan fingerprint density at radius 3 is 2.54 bits per heavy atom. The SMILES string of the molecule is Cc1cc(C)c2sc(N(CCCN(C)C)C(=O)c3ccccc3I)nc2c1.Cl. The summed E-state index contributed by atoms with van der Waals surface area (Å²) < 4.78 is 2.12. The molecule has 0 aliphatic carbocycles. The van der Waals surface area contributed by atoms with Gasteiger partial charge in [0.25, 0.3) is 5.91 Å². The predicted octanol–water partition coefficient (Wildman–Crippen LogP) is 5.54. The average Bonchev–Trinajstić information content (AvgIpc) is 3.02. The van der Waals surface area contributed by atoms with Gasteiger partial charge >= 0.3 is 0 Å². The molecule has 1 amide bonds. The summed E-state index contributed by atoms with van der Waals surface area (Å²) in [6, 6.07) is 12.0. The molecule has 0 aliphatic heterocycles. The second-order valence-corrected chi connectivity index (χ2v) is 9.16. The van der Waals surface area contributed by atoms with Gasteiger partial charge in [-0.1, -0.05) is 29.5 Å². The molecule has 4 nitrogen and oxygen atoms in total. The Morgan fingerprint density at radius 2 is 1.86 bits per heavy atom. The Balaban J connectivity index is 0.00000280. The van der Waals surface area contributed by atoms with Crippen LogP contribution in [0, 0.1) is 17.4 Å². The first-order valence-corrected chi connectivity index (χ1v) is 10.8. The fourth-order valence-corrected chi connectivity index (χ4v) is 4.75. The number of hydrogen-bond acceptors (Lipinski definition) is 4. The molecule has 0 N–H and O–H groups in total. The van der Waals surface area contributed by atoms with Crippen LogP contribution in [0.2, 0.25) is 0 Å². The van der Waals surface area contributed by atoms with Gasteiger partial charge in [-0.05, 0) is 92.8 Å². The maximum absolute atomic E-state index is 13.3. The van der Waals surface area contributed by atoms with E-state index < -0.39 is 0 Å². The van der Waals surface area contributed by atoms with E-state index in [0.29, 0.717) is 6.54 Å². The molecule has 7 heteroatoms. The molecule has 1 heterocycles. The summed E-state index contributed by atoms with van der Waals surface area (Å²) in [5, 5.41) is 0.780. The standard InChI is InChI=1S/C21H24IN3OS.ClH/c1-14-12-15(2)19-18(13-14)23-21(27-19)25(11-7-10-24(3)4)20(26)16-8-5-6-9-17(16)22;/h5-6,8-9,12-13H,7,10-11H2,1-4H3;1H. The lowest BCUT2D eigenvalue weighted by molar-refractivity contribution is 0.0985. The van der Waals surface area contributed by atoms with E-state index in [-0.39, 0.29) is 18.3 Å². The molecule has 2 aromatic carbocycles. The number of carbonyl (C=O) groups is 1. The highest BCUT2D eigenvalue weighted by Gasteiger charge is 2.23. The highest BCUT2D eigenvalue weighted by atomic mass is 127. The molecule has 0 fully saturated rings. The summed E-state index contributed by atoms with van der Waals surface area (Å²) in [6.45, 7) is 5.77. The number of benzene rings is 2. The highest BCUT2D eigenvalue weighted by Crippen LogP contribution is 2.33. The molecule has 0 aliphatic rings. The lowest BCUT2D eigenvalue weighted by Crippen LogP contribution is -2.33. The van der Waals surface area contributed by atoms with Gasteiger partial charge in [0.1, 0.15) is 0 Å². The van der Waals surface area contributed by atoms with E-state index in [1.165, 1.54) is 11.1 Å². The van der Waals surface area contributed by atoms with Gasteiger partial charge in [0.05, 0.1) is 15.8 Å². The van der Waals surface area contributed by atoms with Gasteiger partial charge in [0.2, 0.25) is 0 Å². The van der Waals surface area contributed by atoms with Crippen LogP contribution in [-0.4, -0.2) is 43.0 Å². The van der Waals surface area contributed by atoms with Crippen LogP contribution in [-0.2, 0) is 0 Å². The number of hydrogen-bond donors (Lipinski definition) is 0. The zero-order chi connectivity index (χ0) is 19.6. The van der Waals surface area contributed by atoms with Gasteiger partial charge < -0.3 is 4.90 Å². The van der Waals surface area contributed by atoms with Gasteiger partial charge in [-0.25, -0.2) is 4.98 Å². The number of aryl methyl sites for hydroxylation is 2. The first-order valence-electron chi connectivity index (χ1n) is 8.95. The molecule has 3 aromatic rings.